The fourth-order valence-electron chi connectivity index (χ4n) is 2.97. The Bertz CT molecular complexity index is 797. The molecule has 1 N–H and O–H groups in total. The van der Waals surface area contributed by atoms with Gasteiger partial charge in [0.05, 0.1) is 32.5 Å². The summed E-state index contributed by atoms with van der Waals surface area (Å²) in [5.74, 6) is -0.410. The van der Waals surface area contributed by atoms with Crippen LogP contribution in [0.5, 0.6) is 5.75 Å². The van der Waals surface area contributed by atoms with Gasteiger partial charge in [-0.15, -0.1) is 0 Å². The summed E-state index contributed by atoms with van der Waals surface area (Å²) in [6.45, 7) is 5.45. The highest BCUT2D eigenvalue weighted by molar-refractivity contribution is 6.02. The van der Waals surface area contributed by atoms with Crippen molar-refractivity contribution in [3.8, 4) is 5.75 Å². The third-order valence-electron chi connectivity index (χ3n) is 4.20. The van der Waals surface area contributed by atoms with Gasteiger partial charge in [-0.1, -0.05) is 30.3 Å². The van der Waals surface area contributed by atoms with Gasteiger partial charge in [0, 0.05) is 5.56 Å². The number of amides is 1. The molecular formula is C20H24N2O4. The van der Waals surface area contributed by atoms with Crippen LogP contribution in [0.3, 0.4) is 0 Å². The first-order valence-electron chi connectivity index (χ1n) is 8.86. The molecule has 2 aromatic rings. The molecule has 0 bridgehead atoms. The lowest BCUT2D eigenvalue weighted by atomic mass is 10.0. The molecule has 1 amide bonds. The number of fused-ring (bicyclic) bond motifs is 1. The number of rotatable bonds is 6. The fourth-order valence-corrected chi connectivity index (χ4v) is 2.97. The molecule has 26 heavy (non-hydrogen) atoms. The molecule has 1 aliphatic heterocycles. The number of nitrogens with one attached hydrogen (secondary N) is 1. The minimum atomic E-state index is -0.881. The number of ether oxygens (including phenoxy) is 3. The van der Waals surface area contributed by atoms with Crippen LogP contribution in [0.4, 0.5) is 0 Å². The average Bonchev–Trinajstić information content (AvgIpc) is 2.63. The Labute approximate surface area is 153 Å². The number of benzene rings is 2. The van der Waals surface area contributed by atoms with E-state index in [0.29, 0.717) is 19.8 Å². The highest BCUT2D eigenvalue weighted by Gasteiger charge is 2.31. The lowest BCUT2D eigenvalue weighted by Crippen LogP contribution is -2.41. The second-order valence-electron chi connectivity index (χ2n) is 6.29. The van der Waals surface area contributed by atoms with Gasteiger partial charge < -0.3 is 14.2 Å². The van der Waals surface area contributed by atoms with Crippen LogP contribution < -0.4 is 10.2 Å². The van der Waals surface area contributed by atoms with Crippen molar-refractivity contribution in [1.29, 1.82) is 0 Å². The topological polar surface area (TPSA) is 69.2 Å². The minimum absolute atomic E-state index is 0.0954. The maximum absolute atomic E-state index is 12.2. The Morgan fingerprint density at radius 2 is 2.04 bits per heavy atom. The van der Waals surface area contributed by atoms with Crippen molar-refractivity contribution >= 4 is 22.9 Å². The van der Waals surface area contributed by atoms with E-state index in [4.69, 9.17) is 14.2 Å². The molecule has 0 atom stereocenters. The molecule has 3 rings (SSSR count). The zero-order valence-corrected chi connectivity index (χ0v) is 15.2. The number of nitrogens with zero attached hydrogens (tertiary/aromatic N) is 1. The number of carbonyl (C=O) groups is 1. The normalized spacial score (nSPS) is 16.7. The third kappa shape index (κ3) is 4.39. The Balaban J connectivity index is 1.73. The van der Waals surface area contributed by atoms with Gasteiger partial charge in [0.15, 0.2) is 5.79 Å². The summed E-state index contributed by atoms with van der Waals surface area (Å²) in [6, 6.07) is 11.9. The highest BCUT2D eigenvalue weighted by Crippen LogP contribution is 2.27. The molecule has 1 heterocycles. The predicted molar refractivity (Wildman–Crippen MR) is 100 cm³/mol. The van der Waals surface area contributed by atoms with E-state index >= 15 is 0 Å². The smallest absolute Gasteiger partial charge is 0.245 e. The molecule has 6 heteroatoms. The first kappa shape index (κ1) is 18.4. The second kappa shape index (κ2) is 8.29. The molecule has 1 saturated heterocycles. The van der Waals surface area contributed by atoms with Gasteiger partial charge in [0.1, 0.15) is 5.75 Å². The standard InChI is InChI=1S/C20H24N2O4/c1-3-24-18-10-9-15-7-4-5-8-16(15)17(18)14-21-22-19(23)13-20(2)25-11-6-12-26-20/h4-5,7-10,14H,3,6,11-13H2,1-2H3,(H,22,23). The summed E-state index contributed by atoms with van der Waals surface area (Å²) < 4.78 is 16.8. The SMILES string of the molecule is CCOc1ccc2ccccc2c1C=NNC(=O)CC1(C)OCCCO1. The molecule has 2 aromatic carbocycles. The molecule has 0 aromatic heterocycles. The van der Waals surface area contributed by atoms with Crippen molar-refractivity contribution in [1.82, 2.24) is 5.43 Å². The van der Waals surface area contributed by atoms with Crippen molar-refractivity contribution < 1.29 is 19.0 Å². The van der Waals surface area contributed by atoms with Crippen LogP contribution in [0.1, 0.15) is 32.3 Å². The van der Waals surface area contributed by atoms with E-state index in [1.807, 2.05) is 43.3 Å². The van der Waals surface area contributed by atoms with Crippen molar-refractivity contribution in [3.63, 3.8) is 0 Å². The molecule has 1 fully saturated rings. The number of hydrogen-bond donors (Lipinski definition) is 1. The first-order valence-corrected chi connectivity index (χ1v) is 8.86. The summed E-state index contributed by atoms with van der Waals surface area (Å²) in [6.07, 6.45) is 2.56. The maximum atomic E-state index is 12.2. The molecule has 0 aliphatic carbocycles. The van der Waals surface area contributed by atoms with Crippen LogP contribution in [0.2, 0.25) is 0 Å². The van der Waals surface area contributed by atoms with Crippen molar-refractivity contribution in [2.75, 3.05) is 19.8 Å². The van der Waals surface area contributed by atoms with E-state index in [1.54, 1.807) is 13.1 Å². The average molecular weight is 356 g/mol. The summed E-state index contributed by atoms with van der Waals surface area (Å²) >= 11 is 0. The summed E-state index contributed by atoms with van der Waals surface area (Å²) in [4.78, 5) is 12.2. The monoisotopic (exact) mass is 356 g/mol. The number of carbonyl (C=O) groups excluding carboxylic acids is 1. The van der Waals surface area contributed by atoms with Crippen molar-refractivity contribution in [3.05, 3.63) is 42.0 Å². The minimum Gasteiger partial charge on any atom is -0.493 e. The van der Waals surface area contributed by atoms with Crippen LogP contribution in [-0.4, -0.2) is 37.7 Å². The fraction of sp³-hybridized carbons (Fsp3) is 0.400. The van der Waals surface area contributed by atoms with Gasteiger partial charge in [-0.05, 0) is 37.1 Å². The number of hydrazone groups is 1. The van der Waals surface area contributed by atoms with Crippen LogP contribution in [0.15, 0.2) is 41.5 Å². The first-order chi connectivity index (χ1) is 12.6. The van der Waals surface area contributed by atoms with E-state index in [9.17, 15) is 4.79 Å². The third-order valence-corrected chi connectivity index (χ3v) is 4.20. The Morgan fingerprint density at radius 1 is 1.27 bits per heavy atom. The Hall–Kier alpha value is -2.44. The molecule has 0 radical (unpaired) electrons. The van der Waals surface area contributed by atoms with E-state index in [2.05, 4.69) is 10.5 Å². The lowest BCUT2D eigenvalue weighted by molar-refractivity contribution is -0.256. The summed E-state index contributed by atoms with van der Waals surface area (Å²) in [5, 5.41) is 6.22. The van der Waals surface area contributed by atoms with Crippen molar-refractivity contribution in [2.45, 2.75) is 32.5 Å². The second-order valence-corrected chi connectivity index (χ2v) is 6.29. The van der Waals surface area contributed by atoms with Gasteiger partial charge in [-0.25, -0.2) is 5.43 Å². The molecule has 0 spiro atoms. The van der Waals surface area contributed by atoms with Gasteiger partial charge in [-0.2, -0.15) is 5.10 Å². The van der Waals surface area contributed by atoms with Crippen LogP contribution >= 0.6 is 0 Å². The van der Waals surface area contributed by atoms with E-state index < -0.39 is 5.79 Å². The van der Waals surface area contributed by atoms with Gasteiger partial charge in [-0.3, -0.25) is 4.79 Å². The van der Waals surface area contributed by atoms with Gasteiger partial charge in [0.2, 0.25) is 5.91 Å². The Morgan fingerprint density at radius 3 is 2.81 bits per heavy atom. The van der Waals surface area contributed by atoms with Crippen LogP contribution in [0.25, 0.3) is 10.8 Å². The molecular weight excluding hydrogens is 332 g/mol. The van der Waals surface area contributed by atoms with Gasteiger partial charge >= 0.3 is 0 Å². The lowest BCUT2D eigenvalue weighted by Gasteiger charge is -2.33. The summed E-state index contributed by atoms with van der Waals surface area (Å²) in [5.41, 5.74) is 3.39. The van der Waals surface area contributed by atoms with Crippen LogP contribution in [-0.2, 0) is 14.3 Å². The zero-order chi connectivity index (χ0) is 18.4. The van der Waals surface area contributed by atoms with Gasteiger partial charge in [0.25, 0.3) is 0 Å². The molecule has 6 nitrogen and oxygen atoms in total. The highest BCUT2D eigenvalue weighted by atomic mass is 16.7. The molecule has 0 saturated carbocycles. The quantitative estimate of drug-likeness (QED) is 0.637. The molecule has 138 valence electrons. The predicted octanol–water partition coefficient (Wildman–Crippen LogP) is 3.23. The molecule has 0 unspecified atom stereocenters. The number of hydrogen-bond acceptors (Lipinski definition) is 5. The van der Waals surface area contributed by atoms with E-state index in [1.165, 1.54) is 0 Å². The van der Waals surface area contributed by atoms with E-state index in [0.717, 1.165) is 28.5 Å². The largest absolute Gasteiger partial charge is 0.493 e. The molecule has 1 aliphatic rings. The Kier molecular flexibility index (Phi) is 5.85. The van der Waals surface area contributed by atoms with E-state index in [-0.39, 0.29) is 12.3 Å². The van der Waals surface area contributed by atoms with Crippen molar-refractivity contribution in [2.24, 2.45) is 5.10 Å². The zero-order valence-electron chi connectivity index (χ0n) is 15.2. The maximum Gasteiger partial charge on any atom is 0.245 e. The summed E-state index contributed by atoms with van der Waals surface area (Å²) in [7, 11) is 0. The van der Waals surface area contributed by atoms with Crippen LogP contribution in [0, 0.1) is 0 Å².